The number of hydrogen-bond acceptors (Lipinski definition) is 4. The van der Waals surface area contributed by atoms with Crippen LogP contribution in [0, 0.1) is 5.92 Å². The average Bonchev–Trinajstić information content (AvgIpc) is 3.08. The number of likely N-dealkylation sites (N-methyl/N-ethyl adjacent to an activating group) is 1. The summed E-state index contributed by atoms with van der Waals surface area (Å²) in [5, 5.41) is 3.39. The third kappa shape index (κ3) is 8.08. The smallest absolute Gasteiger partial charge is 0.243 e. The molecule has 2 aliphatic rings. The van der Waals surface area contributed by atoms with Crippen LogP contribution in [0.25, 0.3) is 0 Å². The van der Waals surface area contributed by atoms with Gasteiger partial charge in [0.05, 0.1) is 6.10 Å². The van der Waals surface area contributed by atoms with Crippen LogP contribution in [0.1, 0.15) is 25.7 Å². The number of rotatable bonds is 6. The summed E-state index contributed by atoms with van der Waals surface area (Å²) in [6.07, 6.45) is 4.62. The van der Waals surface area contributed by atoms with Crippen LogP contribution in [-0.2, 0) is 14.3 Å². The first kappa shape index (κ1) is 22.4. The molecule has 0 aromatic rings. The van der Waals surface area contributed by atoms with E-state index in [1.54, 1.807) is 19.0 Å². The zero-order valence-corrected chi connectivity index (χ0v) is 18.0. The Kier molecular flexibility index (Phi) is 10.7. The zero-order valence-electron chi connectivity index (χ0n) is 15.7. The molecule has 1 unspecified atom stereocenters. The van der Waals surface area contributed by atoms with E-state index in [4.69, 9.17) is 9.47 Å². The fourth-order valence-electron chi connectivity index (χ4n) is 3.01. The van der Waals surface area contributed by atoms with Crippen LogP contribution in [0.5, 0.6) is 0 Å². The Morgan fingerprint density at radius 3 is 2.48 bits per heavy atom. The van der Waals surface area contributed by atoms with Crippen LogP contribution >= 0.6 is 24.0 Å². The van der Waals surface area contributed by atoms with Gasteiger partial charge in [-0.3, -0.25) is 4.79 Å². The molecule has 2 heterocycles. The average molecular weight is 468 g/mol. The molecule has 2 aliphatic heterocycles. The second kappa shape index (κ2) is 11.9. The van der Waals surface area contributed by atoms with E-state index >= 15 is 0 Å². The van der Waals surface area contributed by atoms with E-state index in [1.165, 1.54) is 0 Å². The monoisotopic (exact) mass is 468 g/mol. The molecule has 25 heavy (non-hydrogen) atoms. The highest BCUT2D eigenvalue weighted by atomic mass is 127. The topological polar surface area (TPSA) is 66.4 Å². The van der Waals surface area contributed by atoms with Gasteiger partial charge in [0.2, 0.25) is 5.91 Å². The van der Waals surface area contributed by atoms with Crippen LogP contribution in [-0.4, -0.2) is 88.4 Å². The van der Waals surface area contributed by atoms with Crippen molar-refractivity contribution < 1.29 is 14.3 Å². The highest BCUT2D eigenvalue weighted by molar-refractivity contribution is 14.0. The SMILES string of the molecule is CN(C)C(=O)CN=C(NCC1CCCO1)N(C)CC1CCOCC1.I. The van der Waals surface area contributed by atoms with E-state index in [-0.39, 0.29) is 42.5 Å². The number of ether oxygens (including phenoxy) is 2. The summed E-state index contributed by atoms with van der Waals surface area (Å²) in [7, 11) is 5.54. The van der Waals surface area contributed by atoms with Gasteiger partial charge in [-0.25, -0.2) is 4.99 Å². The Labute approximate surface area is 168 Å². The number of nitrogens with one attached hydrogen (secondary N) is 1. The van der Waals surface area contributed by atoms with Crippen LogP contribution in [0.3, 0.4) is 0 Å². The molecule has 1 atom stereocenters. The van der Waals surface area contributed by atoms with E-state index < -0.39 is 0 Å². The summed E-state index contributed by atoms with van der Waals surface area (Å²) in [5.74, 6) is 1.40. The molecule has 0 radical (unpaired) electrons. The number of carbonyl (C=O) groups excluding carboxylic acids is 1. The van der Waals surface area contributed by atoms with Gasteiger partial charge in [0, 0.05) is 54.1 Å². The molecule has 0 aliphatic carbocycles. The van der Waals surface area contributed by atoms with Crippen LogP contribution in [0.2, 0.25) is 0 Å². The lowest BCUT2D eigenvalue weighted by Crippen LogP contribution is -2.45. The number of nitrogens with zero attached hydrogens (tertiary/aromatic N) is 3. The Bertz CT molecular complexity index is 422. The molecule has 0 aromatic heterocycles. The summed E-state index contributed by atoms with van der Waals surface area (Å²) in [5.41, 5.74) is 0. The van der Waals surface area contributed by atoms with Crippen LogP contribution in [0.15, 0.2) is 4.99 Å². The Morgan fingerprint density at radius 2 is 1.88 bits per heavy atom. The molecule has 1 N–H and O–H groups in total. The number of hydrogen-bond donors (Lipinski definition) is 1. The van der Waals surface area contributed by atoms with Crippen molar-refractivity contribution in [3.63, 3.8) is 0 Å². The lowest BCUT2D eigenvalue weighted by molar-refractivity contribution is -0.127. The minimum Gasteiger partial charge on any atom is -0.381 e. The van der Waals surface area contributed by atoms with Crippen molar-refractivity contribution in [3.8, 4) is 0 Å². The normalized spacial score (nSPS) is 21.6. The molecule has 0 aromatic carbocycles. The quantitative estimate of drug-likeness (QED) is 0.360. The van der Waals surface area contributed by atoms with E-state index in [9.17, 15) is 4.79 Å². The van der Waals surface area contributed by atoms with Crippen molar-refractivity contribution in [2.45, 2.75) is 31.8 Å². The summed E-state index contributed by atoms with van der Waals surface area (Å²) in [4.78, 5) is 20.1. The molecule has 146 valence electrons. The molecule has 2 rings (SSSR count). The number of carbonyl (C=O) groups is 1. The lowest BCUT2D eigenvalue weighted by atomic mass is 10.00. The van der Waals surface area contributed by atoms with Gasteiger partial charge in [-0.1, -0.05) is 0 Å². The zero-order chi connectivity index (χ0) is 17.4. The standard InChI is InChI=1S/C17H32N4O3.HI/c1-20(2)16(22)12-19-17(18-11-15-5-4-8-24-15)21(3)13-14-6-9-23-10-7-14;/h14-15H,4-13H2,1-3H3,(H,18,19);1H. The maximum absolute atomic E-state index is 11.9. The highest BCUT2D eigenvalue weighted by Gasteiger charge is 2.20. The van der Waals surface area contributed by atoms with Gasteiger partial charge in [-0.05, 0) is 31.6 Å². The molecule has 0 bridgehead atoms. The maximum Gasteiger partial charge on any atom is 0.243 e. The van der Waals surface area contributed by atoms with Crippen LogP contribution < -0.4 is 5.32 Å². The molecular weight excluding hydrogens is 435 g/mol. The summed E-state index contributed by atoms with van der Waals surface area (Å²) in [6, 6.07) is 0. The van der Waals surface area contributed by atoms with Gasteiger partial charge in [0.15, 0.2) is 5.96 Å². The van der Waals surface area contributed by atoms with Crippen molar-refractivity contribution in [3.05, 3.63) is 0 Å². The highest BCUT2D eigenvalue weighted by Crippen LogP contribution is 2.16. The Balaban J connectivity index is 0.00000312. The molecule has 0 spiro atoms. The van der Waals surface area contributed by atoms with Crippen molar-refractivity contribution >= 4 is 35.8 Å². The summed E-state index contributed by atoms with van der Waals surface area (Å²) in [6.45, 7) is 4.36. The molecule has 2 saturated heterocycles. The van der Waals surface area contributed by atoms with Crippen molar-refractivity contribution in [1.82, 2.24) is 15.1 Å². The van der Waals surface area contributed by atoms with Gasteiger partial charge in [0.1, 0.15) is 6.54 Å². The fourth-order valence-corrected chi connectivity index (χ4v) is 3.01. The molecule has 1 amide bonds. The maximum atomic E-state index is 11.9. The third-order valence-corrected chi connectivity index (χ3v) is 4.61. The minimum atomic E-state index is 0. The first-order chi connectivity index (χ1) is 11.6. The number of guanidine groups is 1. The van der Waals surface area contributed by atoms with E-state index in [0.29, 0.717) is 5.92 Å². The van der Waals surface area contributed by atoms with Crippen LogP contribution in [0.4, 0.5) is 0 Å². The Morgan fingerprint density at radius 1 is 1.16 bits per heavy atom. The summed E-state index contributed by atoms with van der Waals surface area (Å²) >= 11 is 0. The van der Waals surface area contributed by atoms with Gasteiger partial charge in [-0.15, -0.1) is 24.0 Å². The van der Waals surface area contributed by atoms with Crippen molar-refractivity contribution in [2.24, 2.45) is 10.9 Å². The molecule has 8 heteroatoms. The lowest BCUT2D eigenvalue weighted by Gasteiger charge is -2.30. The number of aliphatic imine (C=N–C) groups is 1. The first-order valence-corrected chi connectivity index (χ1v) is 8.95. The second-order valence-electron chi connectivity index (χ2n) is 6.88. The largest absolute Gasteiger partial charge is 0.381 e. The van der Waals surface area contributed by atoms with Crippen molar-refractivity contribution in [2.75, 3.05) is 60.6 Å². The van der Waals surface area contributed by atoms with Gasteiger partial charge < -0.3 is 24.6 Å². The van der Waals surface area contributed by atoms with Gasteiger partial charge in [-0.2, -0.15) is 0 Å². The second-order valence-corrected chi connectivity index (χ2v) is 6.88. The summed E-state index contributed by atoms with van der Waals surface area (Å²) < 4.78 is 11.1. The molecular formula is C17H33IN4O3. The first-order valence-electron chi connectivity index (χ1n) is 8.95. The number of amides is 1. The number of halogens is 1. The van der Waals surface area contributed by atoms with Gasteiger partial charge >= 0.3 is 0 Å². The van der Waals surface area contributed by atoms with Crippen molar-refractivity contribution in [1.29, 1.82) is 0 Å². The molecule has 0 saturated carbocycles. The molecule has 7 nitrogen and oxygen atoms in total. The minimum absolute atomic E-state index is 0. The predicted molar refractivity (Wildman–Crippen MR) is 110 cm³/mol. The molecule has 2 fully saturated rings. The fraction of sp³-hybridized carbons (Fsp3) is 0.882. The predicted octanol–water partition coefficient (Wildman–Crippen LogP) is 1.18. The Hall–Kier alpha value is -0.610. The van der Waals surface area contributed by atoms with E-state index in [1.807, 2.05) is 7.05 Å². The van der Waals surface area contributed by atoms with E-state index in [0.717, 1.165) is 64.6 Å². The van der Waals surface area contributed by atoms with E-state index in [2.05, 4.69) is 15.2 Å². The van der Waals surface area contributed by atoms with Gasteiger partial charge in [0.25, 0.3) is 0 Å². The third-order valence-electron chi connectivity index (χ3n) is 4.61.